The molecule has 0 aromatic heterocycles. The molecule has 0 aliphatic carbocycles. The Kier molecular flexibility index (Phi) is 5.79. The molecule has 0 bridgehead atoms. The maximum atomic E-state index is 15.1. The third-order valence-electron chi connectivity index (χ3n) is 5.41. The average molecular weight is 444 g/mol. The van der Waals surface area contributed by atoms with Gasteiger partial charge in [-0.15, -0.1) is 0 Å². The fourth-order valence-electron chi connectivity index (χ4n) is 3.63. The van der Waals surface area contributed by atoms with Crippen LogP contribution in [0.15, 0.2) is 24.3 Å². The highest BCUT2D eigenvalue weighted by molar-refractivity contribution is 6.00. The Morgan fingerprint density at radius 3 is 2.12 bits per heavy atom. The number of fused-ring (bicyclic) bond motifs is 2. The van der Waals surface area contributed by atoms with E-state index in [1.807, 2.05) is 0 Å². The predicted octanol–water partition coefficient (Wildman–Crippen LogP) is 3.45. The van der Waals surface area contributed by atoms with E-state index >= 15 is 4.39 Å². The zero-order valence-corrected chi connectivity index (χ0v) is 18.4. The van der Waals surface area contributed by atoms with E-state index in [2.05, 4.69) is 5.43 Å². The van der Waals surface area contributed by atoms with Crippen LogP contribution in [-0.4, -0.2) is 35.9 Å². The standard InChI is InChI=1S/C23H25FN2O6/c1-13-14(5-7-18-16(13)9-29-11-31-18)21(27)25-26(23(2,3)4)22(28)15-6-8-19-17(20(15)24)10-30-12-32-19/h5-8H,9-12H2,1-4H3,(H,25,27). The van der Waals surface area contributed by atoms with E-state index in [9.17, 15) is 9.59 Å². The number of hydrazine groups is 1. The molecule has 0 saturated heterocycles. The lowest BCUT2D eigenvalue weighted by atomic mass is 10.0. The van der Waals surface area contributed by atoms with Crippen LogP contribution in [0.25, 0.3) is 0 Å². The Morgan fingerprint density at radius 2 is 1.50 bits per heavy atom. The van der Waals surface area contributed by atoms with Crippen molar-refractivity contribution in [3.05, 3.63) is 57.9 Å². The number of nitrogens with zero attached hydrogens (tertiary/aromatic N) is 1. The van der Waals surface area contributed by atoms with Crippen LogP contribution in [0, 0.1) is 12.7 Å². The van der Waals surface area contributed by atoms with Crippen molar-refractivity contribution in [2.24, 2.45) is 0 Å². The van der Waals surface area contributed by atoms with Gasteiger partial charge in [0.05, 0.1) is 29.9 Å². The largest absolute Gasteiger partial charge is 0.467 e. The number of amides is 2. The molecule has 2 aliphatic rings. The number of hydrogen-bond acceptors (Lipinski definition) is 6. The lowest BCUT2D eigenvalue weighted by Crippen LogP contribution is -2.56. The van der Waals surface area contributed by atoms with Crippen molar-refractivity contribution in [1.29, 1.82) is 0 Å². The monoisotopic (exact) mass is 444 g/mol. The van der Waals surface area contributed by atoms with Gasteiger partial charge in [-0.1, -0.05) is 0 Å². The van der Waals surface area contributed by atoms with Gasteiger partial charge in [0.15, 0.2) is 13.6 Å². The normalized spacial score (nSPS) is 15.0. The summed E-state index contributed by atoms with van der Waals surface area (Å²) in [6.07, 6.45) is 0. The lowest BCUT2D eigenvalue weighted by Gasteiger charge is -2.36. The fourth-order valence-corrected chi connectivity index (χ4v) is 3.63. The molecule has 170 valence electrons. The highest BCUT2D eigenvalue weighted by atomic mass is 19.1. The summed E-state index contributed by atoms with van der Waals surface area (Å²) in [6.45, 7) is 7.54. The predicted molar refractivity (Wildman–Crippen MR) is 112 cm³/mol. The quantitative estimate of drug-likeness (QED) is 0.714. The molecule has 2 aromatic carbocycles. The molecule has 9 heteroatoms. The zero-order chi connectivity index (χ0) is 23.0. The minimum atomic E-state index is -0.837. The van der Waals surface area contributed by atoms with E-state index in [1.54, 1.807) is 39.8 Å². The molecular weight excluding hydrogens is 419 g/mol. The van der Waals surface area contributed by atoms with E-state index in [0.29, 0.717) is 29.2 Å². The molecule has 0 radical (unpaired) electrons. The van der Waals surface area contributed by atoms with Crippen molar-refractivity contribution in [2.75, 3.05) is 13.6 Å². The van der Waals surface area contributed by atoms with Crippen molar-refractivity contribution < 1.29 is 32.9 Å². The van der Waals surface area contributed by atoms with Crippen molar-refractivity contribution in [2.45, 2.75) is 46.4 Å². The molecule has 0 atom stereocenters. The second-order valence-electron chi connectivity index (χ2n) is 8.59. The van der Waals surface area contributed by atoms with Crippen molar-refractivity contribution in [3.63, 3.8) is 0 Å². The minimum Gasteiger partial charge on any atom is -0.467 e. The summed E-state index contributed by atoms with van der Waals surface area (Å²) in [5.74, 6) is -0.904. The van der Waals surface area contributed by atoms with E-state index in [1.165, 1.54) is 12.1 Å². The van der Waals surface area contributed by atoms with E-state index in [4.69, 9.17) is 18.9 Å². The van der Waals surface area contributed by atoms with Gasteiger partial charge >= 0.3 is 0 Å². The van der Waals surface area contributed by atoms with Crippen LogP contribution >= 0.6 is 0 Å². The molecule has 2 aromatic rings. The number of carbonyl (C=O) groups excluding carboxylic acids is 2. The minimum absolute atomic E-state index is 0.00261. The van der Waals surface area contributed by atoms with Gasteiger partial charge in [-0.05, 0) is 57.5 Å². The molecule has 0 unspecified atom stereocenters. The first kappa shape index (κ1) is 22.0. The van der Waals surface area contributed by atoms with Crippen molar-refractivity contribution in [3.8, 4) is 11.5 Å². The van der Waals surface area contributed by atoms with Crippen LogP contribution in [0.4, 0.5) is 4.39 Å². The van der Waals surface area contributed by atoms with Crippen LogP contribution in [0.3, 0.4) is 0 Å². The first-order valence-electron chi connectivity index (χ1n) is 10.2. The van der Waals surface area contributed by atoms with Gasteiger partial charge in [-0.3, -0.25) is 15.0 Å². The maximum absolute atomic E-state index is 15.1. The maximum Gasteiger partial charge on any atom is 0.275 e. The molecular formula is C23H25FN2O6. The highest BCUT2D eigenvalue weighted by Gasteiger charge is 2.33. The summed E-state index contributed by atoms with van der Waals surface area (Å²) >= 11 is 0. The first-order chi connectivity index (χ1) is 15.2. The summed E-state index contributed by atoms with van der Waals surface area (Å²) in [6, 6.07) is 6.22. The highest BCUT2D eigenvalue weighted by Crippen LogP contribution is 2.31. The third kappa shape index (κ3) is 4.01. The average Bonchev–Trinajstić information content (AvgIpc) is 2.77. The number of halogens is 1. The Hall–Kier alpha value is -3.17. The molecule has 1 N–H and O–H groups in total. The SMILES string of the molecule is Cc1c(C(=O)NN(C(=O)c2ccc3c(c2F)COCO3)C(C)(C)C)ccc2c1COCO2. The number of carbonyl (C=O) groups is 2. The first-order valence-corrected chi connectivity index (χ1v) is 10.2. The molecule has 2 heterocycles. The number of rotatable bonds is 2. The fraction of sp³-hybridized carbons (Fsp3) is 0.391. The smallest absolute Gasteiger partial charge is 0.275 e. The van der Waals surface area contributed by atoms with Gasteiger partial charge in [-0.2, -0.15) is 0 Å². The summed E-state index contributed by atoms with van der Waals surface area (Å²) < 4.78 is 36.3. The van der Waals surface area contributed by atoms with Crippen molar-refractivity contribution >= 4 is 11.8 Å². The van der Waals surface area contributed by atoms with Crippen LogP contribution < -0.4 is 14.9 Å². The Balaban J connectivity index is 1.64. The molecule has 2 aliphatic heterocycles. The lowest BCUT2D eigenvalue weighted by molar-refractivity contribution is -0.0184. The third-order valence-corrected chi connectivity index (χ3v) is 5.41. The number of benzene rings is 2. The van der Waals surface area contributed by atoms with Crippen LogP contribution in [-0.2, 0) is 22.7 Å². The molecule has 2 amide bonds. The second-order valence-corrected chi connectivity index (χ2v) is 8.59. The van der Waals surface area contributed by atoms with E-state index in [-0.39, 0.29) is 31.3 Å². The Bertz CT molecular complexity index is 1080. The summed E-state index contributed by atoms with van der Waals surface area (Å²) in [7, 11) is 0. The summed E-state index contributed by atoms with van der Waals surface area (Å²) in [4.78, 5) is 26.5. The number of ether oxygens (including phenoxy) is 4. The van der Waals surface area contributed by atoms with Gasteiger partial charge in [0, 0.05) is 11.1 Å². The summed E-state index contributed by atoms with van der Waals surface area (Å²) in [5.41, 5.74) is 3.65. The molecule has 0 saturated carbocycles. The van der Waals surface area contributed by atoms with Crippen LogP contribution in [0.1, 0.15) is 58.2 Å². The number of hydrogen-bond donors (Lipinski definition) is 1. The second kappa shape index (κ2) is 8.40. The van der Waals surface area contributed by atoms with E-state index < -0.39 is 23.2 Å². The molecule has 0 spiro atoms. The van der Waals surface area contributed by atoms with Gasteiger partial charge in [-0.25, -0.2) is 9.40 Å². The van der Waals surface area contributed by atoms with Crippen LogP contribution in [0.5, 0.6) is 11.5 Å². The molecule has 0 fully saturated rings. The van der Waals surface area contributed by atoms with Gasteiger partial charge in [0.2, 0.25) is 0 Å². The van der Waals surface area contributed by atoms with Gasteiger partial charge < -0.3 is 18.9 Å². The van der Waals surface area contributed by atoms with Crippen molar-refractivity contribution in [1.82, 2.24) is 10.4 Å². The zero-order valence-electron chi connectivity index (χ0n) is 18.4. The Morgan fingerprint density at radius 1 is 0.938 bits per heavy atom. The number of nitrogens with one attached hydrogen (secondary N) is 1. The topological polar surface area (TPSA) is 86.3 Å². The van der Waals surface area contributed by atoms with Crippen LogP contribution in [0.2, 0.25) is 0 Å². The van der Waals surface area contributed by atoms with Gasteiger partial charge in [0.25, 0.3) is 11.8 Å². The Labute approximate surface area is 185 Å². The van der Waals surface area contributed by atoms with Gasteiger partial charge in [0.1, 0.15) is 17.3 Å². The van der Waals surface area contributed by atoms with E-state index in [0.717, 1.165) is 10.6 Å². The molecule has 8 nitrogen and oxygen atoms in total. The molecule has 32 heavy (non-hydrogen) atoms. The molecule has 4 rings (SSSR count). The summed E-state index contributed by atoms with van der Waals surface area (Å²) in [5, 5.41) is 1.14.